The molecular formula is C28H30N2O5. The van der Waals surface area contributed by atoms with Gasteiger partial charge >= 0.3 is 5.97 Å². The van der Waals surface area contributed by atoms with Crippen LogP contribution in [0.25, 0.3) is 0 Å². The zero-order chi connectivity index (χ0) is 25.4. The van der Waals surface area contributed by atoms with E-state index in [0.29, 0.717) is 6.42 Å². The molecule has 2 atom stereocenters. The molecule has 182 valence electrons. The highest BCUT2D eigenvalue weighted by atomic mass is 16.5. The van der Waals surface area contributed by atoms with Gasteiger partial charge in [-0.2, -0.15) is 0 Å². The number of aromatic nitrogens is 1. The van der Waals surface area contributed by atoms with Crippen LogP contribution in [0.5, 0.6) is 11.5 Å². The van der Waals surface area contributed by atoms with Crippen molar-refractivity contribution < 1.29 is 24.5 Å². The minimum atomic E-state index is -1.64. The summed E-state index contributed by atoms with van der Waals surface area (Å²) in [6.07, 6.45) is 2.67. The second-order valence-electron chi connectivity index (χ2n) is 9.47. The molecule has 0 aliphatic heterocycles. The topological polar surface area (TPSA) is 109 Å². The second-order valence-corrected chi connectivity index (χ2v) is 9.47. The summed E-state index contributed by atoms with van der Waals surface area (Å²) in [5.41, 5.74) is 1.70. The van der Waals surface area contributed by atoms with E-state index in [9.17, 15) is 19.8 Å². The van der Waals surface area contributed by atoms with Gasteiger partial charge in [0.1, 0.15) is 5.54 Å². The Hall–Kier alpha value is -3.87. The molecular weight excluding hydrogens is 444 g/mol. The molecule has 1 saturated carbocycles. The summed E-state index contributed by atoms with van der Waals surface area (Å²) >= 11 is 0. The first-order valence-corrected chi connectivity index (χ1v) is 11.6. The molecule has 7 heteroatoms. The van der Waals surface area contributed by atoms with Gasteiger partial charge in [-0.25, -0.2) is 9.78 Å². The summed E-state index contributed by atoms with van der Waals surface area (Å²) in [7, 11) is 1.37. The Morgan fingerprint density at radius 1 is 1.03 bits per heavy atom. The van der Waals surface area contributed by atoms with Crippen molar-refractivity contribution in [1.29, 1.82) is 0 Å². The molecule has 1 fully saturated rings. The van der Waals surface area contributed by atoms with Crippen LogP contribution in [-0.2, 0) is 10.2 Å². The zero-order valence-corrected chi connectivity index (χ0v) is 20.3. The van der Waals surface area contributed by atoms with Crippen molar-refractivity contribution in [2.24, 2.45) is 5.92 Å². The van der Waals surface area contributed by atoms with E-state index in [1.54, 1.807) is 0 Å². The Morgan fingerprint density at radius 2 is 1.57 bits per heavy atom. The molecule has 35 heavy (non-hydrogen) atoms. The van der Waals surface area contributed by atoms with E-state index in [1.807, 2.05) is 62.4 Å². The van der Waals surface area contributed by atoms with Crippen molar-refractivity contribution in [2.75, 3.05) is 7.11 Å². The number of methoxy groups -OCH3 is 1. The van der Waals surface area contributed by atoms with Crippen molar-refractivity contribution in [2.45, 2.75) is 44.6 Å². The number of hydrogen-bond acceptors (Lipinski definition) is 5. The normalized spacial score (nSPS) is 18.1. The predicted octanol–water partition coefficient (Wildman–Crippen LogP) is 4.38. The van der Waals surface area contributed by atoms with E-state index >= 15 is 0 Å². The summed E-state index contributed by atoms with van der Waals surface area (Å²) in [6, 6.07) is 17.7. The van der Waals surface area contributed by atoms with Gasteiger partial charge in [-0.1, -0.05) is 59.7 Å². The minimum absolute atomic E-state index is 0.0829. The molecule has 3 N–H and O–H groups in total. The van der Waals surface area contributed by atoms with Gasteiger partial charge in [0.15, 0.2) is 17.2 Å². The van der Waals surface area contributed by atoms with Crippen molar-refractivity contribution in [3.63, 3.8) is 0 Å². The number of carboxylic acids is 1. The summed E-state index contributed by atoms with van der Waals surface area (Å²) in [5, 5.41) is 23.5. The number of carbonyl (C=O) groups excluding carboxylic acids is 1. The van der Waals surface area contributed by atoms with Gasteiger partial charge < -0.3 is 20.3 Å². The SMILES string of the molecule is COc1ccnc(C(=O)NC(C)(C(=O)O)C2CCC2(c2ccc(C)cc2)c2ccc(C)cc2)c1O. The van der Waals surface area contributed by atoms with Gasteiger partial charge in [0.05, 0.1) is 7.11 Å². The molecule has 4 rings (SSSR count). The number of hydrogen-bond donors (Lipinski definition) is 3. The number of carboxylic acid groups (broad SMARTS) is 1. The van der Waals surface area contributed by atoms with E-state index in [0.717, 1.165) is 28.7 Å². The standard InChI is InChI=1S/C28H30N2O5/c1-17-5-9-19(10-6-17)28(20-11-7-18(2)8-12-20)15-13-22(28)27(3,26(33)34)30-25(32)23-24(31)21(35-4)14-16-29-23/h5-12,14,16,22,31H,13,15H2,1-4H3,(H,30,32)(H,33,34). The van der Waals surface area contributed by atoms with E-state index in [1.165, 1.54) is 26.3 Å². The Morgan fingerprint density at radius 3 is 2.00 bits per heavy atom. The van der Waals surface area contributed by atoms with E-state index in [4.69, 9.17) is 4.74 Å². The number of nitrogens with zero attached hydrogens (tertiary/aromatic N) is 1. The maximum atomic E-state index is 13.2. The van der Waals surface area contributed by atoms with Crippen LogP contribution in [0.1, 0.15) is 52.5 Å². The van der Waals surface area contributed by atoms with E-state index in [2.05, 4.69) is 10.3 Å². The Balaban J connectivity index is 1.80. The van der Waals surface area contributed by atoms with Gasteiger partial charge in [-0.05, 0) is 44.7 Å². The highest BCUT2D eigenvalue weighted by Gasteiger charge is 2.60. The number of nitrogens with one attached hydrogen (secondary N) is 1. The molecule has 0 spiro atoms. The zero-order valence-electron chi connectivity index (χ0n) is 20.3. The largest absolute Gasteiger partial charge is 0.503 e. The Labute approximate surface area is 204 Å². The van der Waals surface area contributed by atoms with Crippen LogP contribution < -0.4 is 10.1 Å². The quantitative estimate of drug-likeness (QED) is 0.469. The number of ether oxygens (including phenoxy) is 1. The van der Waals surface area contributed by atoms with Crippen LogP contribution in [-0.4, -0.2) is 39.7 Å². The number of aromatic hydroxyl groups is 1. The molecule has 3 aromatic rings. The van der Waals surface area contributed by atoms with Crippen LogP contribution in [0, 0.1) is 19.8 Å². The third-order valence-corrected chi connectivity index (χ3v) is 7.39. The molecule has 2 aromatic carbocycles. The number of aryl methyl sites for hydroxylation is 2. The molecule has 0 radical (unpaired) electrons. The van der Waals surface area contributed by atoms with Crippen LogP contribution >= 0.6 is 0 Å². The Bertz CT molecular complexity index is 1210. The van der Waals surface area contributed by atoms with E-state index in [-0.39, 0.29) is 11.4 Å². The fourth-order valence-corrected chi connectivity index (χ4v) is 5.27. The average molecular weight is 475 g/mol. The molecule has 1 aliphatic carbocycles. The third kappa shape index (κ3) is 4.01. The maximum Gasteiger partial charge on any atom is 0.329 e. The number of benzene rings is 2. The molecule has 1 heterocycles. The van der Waals surface area contributed by atoms with Crippen LogP contribution in [0.4, 0.5) is 0 Å². The lowest BCUT2D eigenvalue weighted by molar-refractivity contribution is -0.149. The molecule has 2 unspecified atom stereocenters. The van der Waals surface area contributed by atoms with Crippen molar-refractivity contribution >= 4 is 11.9 Å². The fraction of sp³-hybridized carbons (Fsp3) is 0.321. The van der Waals surface area contributed by atoms with Gasteiger partial charge in [0.2, 0.25) is 0 Å². The van der Waals surface area contributed by atoms with Gasteiger partial charge in [-0.3, -0.25) is 4.79 Å². The first kappa shape index (κ1) is 24.3. The van der Waals surface area contributed by atoms with Crippen LogP contribution in [0.3, 0.4) is 0 Å². The van der Waals surface area contributed by atoms with Gasteiger partial charge in [0, 0.05) is 23.6 Å². The highest BCUT2D eigenvalue weighted by molar-refractivity contribution is 5.99. The summed E-state index contributed by atoms with van der Waals surface area (Å²) in [6.45, 7) is 5.55. The predicted molar refractivity (Wildman–Crippen MR) is 132 cm³/mol. The number of aliphatic carboxylic acids is 1. The second kappa shape index (κ2) is 9.06. The molecule has 7 nitrogen and oxygen atoms in total. The van der Waals surface area contributed by atoms with Crippen molar-refractivity contribution in [1.82, 2.24) is 10.3 Å². The lowest BCUT2D eigenvalue weighted by Crippen LogP contribution is -2.66. The molecule has 1 aliphatic rings. The molecule has 0 saturated heterocycles. The number of carbonyl (C=O) groups is 2. The number of amides is 1. The van der Waals surface area contributed by atoms with E-state index < -0.39 is 34.5 Å². The van der Waals surface area contributed by atoms with Gasteiger partial charge in [-0.15, -0.1) is 0 Å². The molecule has 1 amide bonds. The minimum Gasteiger partial charge on any atom is -0.503 e. The maximum absolute atomic E-state index is 13.2. The first-order valence-electron chi connectivity index (χ1n) is 11.6. The Kier molecular flexibility index (Phi) is 6.28. The smallest absolute Gasteiger partial charge is 0.329 e. The molecule has 1 aromatic heterocycles. The monoisotopic (exact) mass is 474 g/mol. The van der Waals surface area contributed by atoms with Crippen molar-refractivity contribution in [3.05, 3.63) is 88.7 Å². The fourth-order valence-electron chi connectivity index (χ4n) is 5.27. The molecule has 0 bridgehead atoms. The first-order chi connectivity index (χ1) is 16.6. The number of rotatable bonds is 7. The summed E-state index contributed by atoms with van der Waals surface area (Å²) in [4.78, 5) is 30.0. The lowest BCUT2D eigenvalue weighted by atomic mass is 9.48. The number of pyridine rings is 1. The summed E-state index contributed by atoms with van der Waals surface area (Å²) in [5.74, 6) is -2.73. The highest BCUT2D eigenvalue weighted by Crippen LogP contribution is 2.57. The van der Waals surface area contributed by atoms with Crippen molar-refractivity contribution in [3.8, 4) is 11.5 Å². The third-order valence-electron chi connectivity index (χ3n) is 7.39. The lowest BCUT2D eigenvalue weighted by Gasteiger charge is -2.56. The summed E-state index contributed by atoms with van der Waals surface area (Å²) < 4.78 is 5.07. The average Bonchev–Trinajstić information content (AvgIpc) is 2.81. The van der Waals surface area contributed by atoms with Gasteiger partial charge in [0.25, 0.3) is 5.91 Å². The van der Waals surface area contributed by atoms with Crippen LogP contribution in [0.2, 0.25) is 0 Å². The van der Waals surface area contributed by atoms with Crippen LogP contribution in [0.15, 0.2) is 60.8 Å².